The molecule has 9 heteroatoms. The van der Waals surface area contributed by atoms with Crippen LogP contribution in [-0.2, 0) is 17.6 Å². The van der Waals surface area contributed by atoms with Crippen molar-refractivity contribution in [1.82, 2.24) is 19.7 Å². The Morgan fingerprint density at radius 3 is 3.07 bits per heavy atom. The van der Waals surface area contributed by atoms with Gasteiger partial charge < -0.3 is 5.32 Å². The molecule has 0 spiro atoms. The standard InChI is InChI=1S/C18H18ClN5O2S/c19-8-2-7-16(25)21-15-10-13(14-6-3-9-27-14)23-24(15)18-20-12-5-1-4-11(12)17(26)22-18/h3,6,9-10H,1-2,4-5,7-8H2,(H,21,25)(H,20,22,26). The Kier molecular flexibility index (Phi) is 5.09. The summed E-state index contributed by atoms with van der Waals surface area (Å²) in [6.07, 6.45) is 3.36. The third-order valence-corrected chi connectivity index (χ3v) is 5.58. The van der Waals surface area contributed by atoms with Gasteiger partial charge in [0.25, 0.3) is 5.56 Å². The zero-order valence-corrected chi connectivity index (χ0v) is 16.1. The summed E-state index contributed by atoms with van der Waals surface area (Å²) < 4.78 is 1.49. The molecule has 3 aromatic heterocycles. The number of aromatic amines is 1. The van der Waals surface area contributed by atoms with Crippen molar-refractivity contribution in [2.45, 2.75) is 32.1 Å². The average molecular weight is 404 g/mol. The number of nitrogens with zero attached hydrogens (tertiary/aromatic N) is 3. The third-order valence-electron chi connectivity index (χ3n) is 4.42. The number of halogens is 1. The molecular weight excluding hydrogens is 386 g/mol. The number of fused-ring (bicyclic) bond motifs is 1. The van der Waals surface area contributed by atoms with E-state index in [1.807, 2.05) is 17.5 Å². The first-order chi connectivity index (χ1) is 13.2. The number of carbonyl (C=O) groups excluding carboxylic acids is 1. The van der Waals surface area contributed by atoms with Crippen LogP contribution in [0, 0.1) is 0 Å². The number of anilines is 1. The van der Waals surface area contributed by atoms with Crippen LogP contribution >= 0.6 is 22.9 Å². The predicted molar refractivity (Wildman–Crippen MR) is 106 cm³/mol. The van der Waals surface area contributed by atoms with E-state index in [2.05, 4.69) is 20.4 Å². The molecule has 0 atom stereocenters. The number of carbonyl (C=O) groups is 1. The zero-order valence-electron chi connectivity index (χ0n) is 14.5. The first kappa shape index (κ1) is 17.9. The van der Waals surface area contributed by atoms with Gasteiger partial charge in [0, 0.05) is 23.9 Å². The van der Waals surface area contributed by atoms with Gasteiger partial charge in [0.05, 0.1) is 10.6 Å². The van der Waals surface area contributed by atoms with Crippen molar-refractivity contribution in [3.63, 3.8) is 0 Å². The van der Waals surface area contributed by atoms with Gasteiger partial charge in [-0.05, 0) is 37.1 Å². The van der Waals surface area contributed by atoms with Crippen LogP contribution in [0.1, 0.15) is 30.5 Å². The van der Waals surface area contributed by atoms with Gasteiger partial charge in [0.15, 0.2) is 0 Å². The van der Waals surface area contributed by atoms with Crippen molar-refractivity contribution < 1.29 is 4.79 Å². The molecule has 7 nitrogen and oxygen atoms in total. The molecule has 0 radical (unpaired) electrons. The van der Waals surface area contributed by atoms with Crippen molar-refractivity contribution in [3.05, 3.63) is 45.2 Å². The van der Waals surface area contributed by atoms with Gasteiger partial charge in [-0.3, -0.25) is 14.6 Å². The molecule has 3 heterocycles. The van der Waals surface area contributed by atoms with Gasteiger partial charge in [-0.25, -0.2) is 4.98 Å². The molecule has 4 rings (SSSR count). The molecule has 0 bridgehead atoms. The van der Waals surface area contributed by atoms with Crippen molar-refractivity contribution in [2.24, 2.45) is 0 Å². The van der Waals surface area contributed by atoms with E-state index >= 15 is 0 Å². The largest absolute Gasteiger partial charge is 0.310 e. The number of nitrogens with one attached hydrogen (secondary N) is 2. The van der Waals surface area contributed by atoms with Gasteiger partial charge >= 0.3 is 0 Å². The van der Waals surface area contributed by atoms with E-state index in [-0.39, 0.29) is 11.5 Å². The van der Waals surface area contributed by atoms with Crippen molar-refractivity contribution in [2.75, 3.05) is 11.2 Å². The minimum atomic E-state index is -0.155. The summed E-state index contributed by atoms with van der Waals surface area (Å²) in [4.78, 5) is 32.9. The number of hydrogen-bond donors (Lipinski definition) is 2. The third kappa shape index (κ3) is 3.68. The highest BCUT2D eigenvalue weighted by atomic mass is 35.5. The van der Waals surface area contributed by atoms with Crippen LogP contribution in [0.25, 0.3) is 16.5 Å². The molecule has 3 aromatic rings. The summed E-state index contributed by atoms with van der Waals surface area (Å²) >= 11 is 7.22. The molecule has 0 unspecified atom stereocenters. The molecule has 140 valence electrons. The van der Waals surface area contributed by atoms with Gasteiger partial charge in [0.2, 0.25) is 11.9 Å². The number of amides is 1. The van der Waals surface area contributed by atoms with E-state index in [4.69, 9.17) is 11.6 Å². The van der Waals surface area contributed by atoms with Crippen LogP contribution in [0.15, 0.2) is 28.4 Å². The monoisotopic (exact) mass is 403 g/mol. The van der Waals surface area contributed by atoms with E-state index in [0.717, 1.165) is 35.4 Å². The van der Waals surface area contributed by atoms with Crippen molar-refractivity contribution in [1.29, 1.82) is 0 Å². The quantitative estimate of drug-likeness (QED) is 0.618. The number of aromatic nitrogens is 4. The molecule has 1 aliphatic carbocycles. The minimum Gasteiger partial charge on any atom is -0.310 e. The highest BCUT2D eigenvalue weighted by Gasteiger charge is 2.21. The Bertz CT molecular complexity index is 1030. The summed E-state index contributed by atoms with van der Waals surface area (Å²) in [6.45, 7) is 0. The number of H-pyrrole nitrogens is 1. The number of alkyl halides is 1. The second-order valence-corrected chi connectivity index (χ2v) is 7.64. The van der Waals surface area contributed by atoms with E-state index in [9.17, 15) is 9.59 Å². The first-order valence-electron chi connectivity index (χ1n) is 8.78. The fraction of sp³-hybridized carbons (Fsp3) is 0.333. The maximum atomic E-state index is 12.4. The molecule has 0 saturated heterocycles. The molecule has 0 aliphatic heterocycles. The smallest absolute Gasteiger partial charge is 0.255 e. The Hall–Kier alpha value is -2.45. The zero-order chi connectivity index (χ0) is 18.8. The van der Waals surface area contributed by atoms with E-state index < -0.39 is 0 Å². The number of hydrogen-bond acceptors (Lipinski definition) is 5. The lowest BCUT2D eigenvalue weighted by molar-refractivity contribution is -0.116. The van der Waals surface area contributed by atoms with Crippen LogP contribution < -0.4 is 10.9 Å². The number of rotatable bonds is 6. The normalized spacial score (nSPS) is 12.9. The maximum Gasteiger partial charge on any atom is 0.255 e. The average Bonchev–Trinajstić information content (AvgIpc) is 3.39. The maximum absolute atomic E-state index is 12.4. The molecule has 27 heavy (non-hydrogen) atoms. The highest BCUT2D eigenvalue weighted by Crippen LogP contribution is 2.28. The van der Waals surface area contributed by atoms with Gasteiger partial charge in [-0.2, -0.15) is 9.78 Å². The molecule has 0 fully saturated rings. The fourth-order valence-electron chi connectivity index (χ4n) is 3.14. The van der Waals surface area contributed by atoms with Crippen LogP contribution in [0.4, 0.5) is 5.82 Å². The summed E-state index contributed by atoms with van der Waals surface area (Å²) in [5, 5.41) is 9.40. The Morgan fingerprint density at radius 1 is 1.41 bits per heavy atom. The van der Waals surface area contributed by atoms with Crippen LogP contribution in [0.3, 0.4) is 0 Å². The van der Waals surface area contributed by atoms with Gasteiger partial charge in [0.1, 0.15) is 11.5 Å². The Labute approximate surface area is 164 Å². The SMILES string of the molecule is O=C(CCCCl)Nc1cc(-c2cccs2)nn1-c1nc2c(c(=O)[nH]1)CCC2. The molecule has 1 aliphatic rings. The van der Waals surface area contributed by atoms with Gasteiger partial charge in [-0.1, -0.05) is 6.07 Å². The van der Waals surface area contributed by atoms with E-state index in [1.165, 1.54) is 4.68 Å². The molecule has 0 aromatic carbocycles. The van der Waals surface area contributed by atoms with Gasteiger partial charge in [-0.15, -0.1) is 22.9 Å². The van der Waals surface area contributed by atoms with Crippen molar-refractivity contribution >= 4 is 34.7 Å². The summed E-state index contributed by atoms with van der Waals surface area (Å²) in [6, 6.07) is 5.68. The Balaban J connectivity index is 1.75. The second kappa shape index (κ2) is 7.66. The second-order valence-electron chi connectivity index (χ2n) is 6.31. The fourth-order valence-corrected chi connectivity index (χ4v) is 3.95. The lowest BCUT2D eigenvalue weighted by Crippen LogP contribution is -2.21. The van der Waals surface area contributed by atoms with Crippen LogP contribution in [0.2, 0.25) is 0 Å². The van der Waals surface area contributed by atoms with Crippen molar-refractivity contribution in [3.8, 4) is 16.5 Å². The summed E-state index contributed by atoms with van der Waals surface area (Å²) in [5.74, 6) is 1.06. The lowest BCUT2D eigenvalue weighted by Gasteiger charge is -2.09. The summed E-state index contributed by atoms with van der Waals surface area (Å²) in [7, 11) is 0. The number of thiophene rings is 1. The van der Waals surface area contributed by atoms with Crippen LogP contribution in [-0.4, -0.2) is 31.5 Å². The Morgan fingerprint density at radius 2 is 2.30 bits per heavy atom. The molecule has 0 saturated carbocycles. The lowest BCUT2D eigenvalue weighted by atomic mass is 10.3. The first-order valence-corrected chi connectivity index (χ1v) is 10.2. The summed E-state index contributed by atoms with van der Waals surface area (Å²) in [5.41, 5.74) is 2.12. The molecule has 2 N–H and O–H groups in total. The van der Waals surface area contributed by atoms with Crippen LogP contribution in [0.5, 0.6) is 0 Å². The van der Waals surface area contributed by atoms with E-state index in [1.54, 1.807) is 17.4 Å². The topological polar surface area (TPSA) is 92.7 Å². The minimum absolute atomic E-state index is 0.139. The molecule has 1 amide bonds. The van der Waals surface area contributed by atoms with E-state index in [0.29, 0.717) is 36.2 Å². The predicted octanol–water partition coefficient (Wildman–Crippen LogP) is 3.13. The number of aryl methyl sites for hydroxylation is 1. The highest BCUT2D eigenvalue weighted by molar-refractivity contribution is 7.13. The molecular formula is C18H18ClN5O2S.